The van der Waals surface area contributed by atoms with Crippen LogP contribution < -0.4 is 5.32 Å². The topological polar surface area (TPSA) is 21.3 Å². The van der Waals surface area contributed by atoms with Crippen molar-refractivity contribution >= 4 is 0 Å². The predicted octanol–water partition coefficient (Wildman–Crippen LogP) is 3.07. The van der Waals surface area contributed by atoms with Crippen molar-refractivity contribution in [2.75, 3.05) is 19.8 Å². The summed E-state index contributed by atoms with van der Waals surface area (Å²) < 4.78 is 5.59. The number of hydrogen-bond acceptors (Lipinski definition) is 2. The maximum Gasteiger partial charge on any atom is 0.0488 e. The first kappa shape index (κ1) is 14.9. The fourth-order valence-electron chi connectivity index (χ4n) is 1.41. The minimum absolute atomic E-state index is 0.604. The molecule has 0 aromatic heterocycles. The van der Waals surface area contributed by atoms with Crippen LogP contribution in [-0.2, 0) is 4.74 Å². The molecule has 92 valence electrons. The van der Waals surface area contributed by atoms with Crippen molar-refractivity contribution in [3.05, 3.63) is 0 Å². The van der Waals surface area contributed by atoms with Crippen LogP contribution in [-0.4, -0.2) is 25.8 Å². The summed E-state index contributed by atoms with van der Waals surface area (Å²) in [5.74, 6) is 1.35. The van der Waals surface area contributed by atoms with Crippen LogP contribution in [0.25, 0.3) is 0 Å². The summed E-state index contributed by atoms with van der Waals surface area (Å²) >= 11 is 0. The molecular weight excluding hydrogens is 186 g/mol. The molecule has 15 heavy (non-hydrogen) atoms. The molecule has 2 nitrogen and oxygen atoms in total. The van der Waals surface area contributed by atoms with E-state index in [9.17, 15) is 0 Å². The van der Waals surface area contributed by atoms with Crippen molar-refractivity contribution in [3.8, 4) is 0 Å². The molecule has 0 bridgehead atoms. The molecule has 0 amide bonds. The standard InChI is InChI=1S/C13H29NO/c1-6-8-14-13(5)12(4)7-9-15-10-11(2)3/h11-14H,6-10H2,1-5H3. The van der Waals surface area contributed by atoms with Gasteiger partial charge in [-0.05, 0) is 38.1 Å². The molecule has 0 aliphatic rings. The highest BCUT2D eigenvalue weighted by atomic mass is 16.5. The highest BCUT2D eigenvalue weighted by molar-refractivity contribution is 4.67. The summed E-state index contributed by atoms with van der Waals surface area (Å²) in [6, 6.07) is 0.604. The second kappa shape index (κ2) is 9.17. The minimum Gasteiger partial charge on any atom is -0.381 e. The van der Waals surface area contributed by atoms with E-state index in [1.807, 2.05) is 0 Å². The maximum absolute atomic E-state index is 5.59. The first-order chi connectivity index (χ1) is 7.07. The van der Waals surface area contributed by atoms with E-state index in [1.54, 1.807) is 0 Å². The molecular formula is C13H29NO. The lowest BCUT2D eigenvalue weighted by atomic mass is 10.0. The molecule has 0 saturated carbocycles. The average Bonchev–Trinajstić information content (AvgIpc) is 2.20. The van der Waals surface area contributed by atoms with Gasteiger partial charge in [0.05, 0.1) is 0 Å². The molecule has 0 spiro atoms. The maximum atomic E-state index is 5.59. The molecule has 2 atom stereocenters. The molecule has 0 aromatic carbocycles. The Labute approximate surface area is 95.8 Å². The second-order valence-corrected chi connectivity index (χ2v) is 4.98. The Morgan fingerprint density at radius 3 is 2.33 bits per heavy atom. The van der Waals surface area contributed by atoms with Gasteiger partial charge < -0.3 is 10.1 Å². The van der Waals surface area contributed by atoms with Gasteiger partial charge in [-0.15, -0.1) is 0 Å². The summed E-state index contributed by atoms with van der Waals surface area (Å²) in [6.07, 6.45) is 2.37. The SMILES string of the molecule is CCCNC(C)C(C)CCOCC(C)C. The molecule has 0 aliphatic heterocycles. The Kier molecular flexibility index (Phi) is 9.12. The van der Waals surface area contributed by atoms with E-state index in [0.29, 0.717) is 17.9 Å². The lowest BCUT2D eigenvalue weighted by Crippen LogP contribution is -2.33. The predicted molar refractivity (Wildman–Crippen MR) is 67.2 cm³/mol. The smallest absolute Gasteiger partial charge is 0.0488 e. The van der Waals surface area contributed by atoms with Crippen LogP contribution >= 0.6 is 0 Å². The van der Waals surface area contributed by atoms with Crippen LogP contribution in [0.3, 0.4) is 0 Å². The Morgan fingerprint density at radius 1 is 1.13 bits per heavy atom. The Hall–Kier alpha value is -0.0800. The summed E-state index contributed by atoms with van der Waals surface area (Å²) in [6.45, 7) is 14.1. The zero-order valence-electron chi connectivity index (χ0n) is 11.2. The van der Waals surface area contributed by atoms with E-state index < -0.39 is 0 Å². The summed E-state index contributed by atoms with van der Waals surface area (Å²) in [5, 5.41) is 3.53. The number of ether oxygens (including phenoxy) is 1. The van der Waals surface area contributed by atoms with Gasteiger partial charge in [-0.25, -0.2) is 0 Å². The Morgan fingerprint density at radius 2 is 1.80 bits per heavy atom. The van der Waals surface area contributed by atoms with Crippen LogP contribution in [0.15, 0.2) is 0 Å². The van der Waals surface area contributed by atoms with E-state index in [2.05, 4.69) is 39.9 Å². The van der Waals surface area contributed by atoms with Gasteiger partial charge in [-0.1, -0.05) is 27.7 Å². The van der Waals surface area contributed by atoms with Gasteiger partial charge >= 0.3 is 0 Å². The van der Waals surface area contributed by atoms with Crippen molar-refractivity contribution in [3.63, 3.8) is 0 Å². The average molecular weight is 215 g/mol. The van der Waals surface area contributed by atoms with E-state index in [4.69, 9.17) is 4.74 Å². The molecule has 2 heteroatoms. The van der Waals surface area contributed by atoms with Gasteiger partial charge in [0, 0.05) is 19.3 Å². The first-order valence-electron chi connectivity index (χ1n) is 6.39. The molecule has 0 aliphatic carbocycles. The van der Waals surface area contributed by atoms with Gasteiger partial charge in [0.1, 0.15) is 0 Å². The molecule has 2 unspecified atom stereocenters. The van der Waals surface area contributed by atoms with E-state index in [0.717, 1.165) is 26.2 Å². The normalized spacial score (nSPS) is 15.6. The zero-order valence-corrected chi connectivity index (χ0v) is 11.2. The summed E-state index contributed by atoms with van der Waals surface area (Å²) in [4.78, 5) is 0. The van der Waals surface area contributed by atoms with Crippen LogP contribution in [0.5, 0.6) is 0 Å². The Bertz CT molecular complexity index is 136. The highest BCUT2D eigenvalue weighted by Gasteiger charge is 2.10. The fourth-order valence-corrected chi connectivity index (χ4v) is 1.41. The first-order valence-corrected chi connectivity index (χ1v) is 6.39. The van der Waals surface area contributed by atoms with Gasteiger partial charge in [-0.3, -0.25) is 0 Å². The van der Waals surface area contributed by atoms with Gasteiger partial charge in [-0.2, -0.15) is 0 Å². The molecule has 0 radical (unpaired) electrons. The zero-order chi connectivity index (χ0) is 11.7. The van der Waals surface area contributed by atoms with Crippen molar-refractivity contribution < 1.29 is 4.74 Å². The number of rotatable bonds is 9. The van der Waals surface area contributed by atoms with Crippen LogP contribution in [0.4, 0.5) is 0 Å². The van der Waals surface area contributed by atoms with Crippen molar-refractivity contribution in [1.82, 2.24) is 5.32 Å². The highest BCUT2D eigenvalue weighted by Crippen LogP contribution is 2.08. The monoisotopic (exact) mass is 215 g/mol. The molecule has 0 fully saturated rings. The third kappa shape index (κ3) is 8.88. The van der Waals surface area contributed by atoms with Gasteiger partial charge in [0.2, 0.25) is 0 Å². The van der Waals surface area contributed by atoms with Crippen LogP contribution in [0.1, 0.15) is 47.5 Å². The van der Waals surface area contributed by atoms with E-state index in [-0.39, 0.29) is 0 Å². The summed E-state index contributed by atoms with van der Waals surface area (Å²) in [7, 11) is 0. The van der Waals surface area contributed by atoms with Gasteiger partial charge in [0.25, 0.3) is 0 Å². The molecule has 0 aromatic rings. The quantitative estimate of drug-likeness (QED) is 0.597. The molecule has 0 rings (SSSR count). The summed E-state index contributed by atoms with van der Waals surface area (Å²) in [5.41, 5.74) is 0. The van der Waals surface area contributed by atoms with Crippen LogP contribution in [0, 0.1) is 11.8 Å². The molecule has 1 N–H and O–H groups in total. The number of nitrogens with one attached hydrogen (secondary N) is 1. The third-order valence-corrected chi connectivity index (χ3v) is 2.74. The lowest BCUT2D eigenvalue weighted by molar-refractivity contribution is 0.0959. The van der Waals surface area contributed by atoms with Crippen LogP contribution in [0.2, 0.25) is 0 Å². The molecule has 0 heterocycles. The van der Waals surface area contributed by atoms with E-state index >= 15 is 0 Å². The second-order valence-electron chi connectivity index (χ2n) is 4.98. The lowest BCUT2D eigenvalue weighted by Gasteiger charge is -2.21. The minimum atomic E-state index is 0.604. The van der Waals surface area contributed by atoms with Crippen molar-refractivity contribution in [1.29, 1.82) is 0 Å². The largest absolute Gasteiger partial charge is 0.381 e. The van der Waals surface area contributed by atoms with Gasteiger partial charge in [0.15, 0.2) is 0 Å². The Balaban J connectivity index is 3.42. The fraction of sp³-hybridized carbons (Fsp3) is 1.00. The van der Waals surface area contributed by atoms with Crippen molar-refractivity contribution in [2.24, 2.45) is 11.8 Å². The number of hydrogen-bond donors (Lipinski definition) is 1. The third-order valence-electron chi connectivity index (χ3n) is 2.74. The molecule has 0 saturated heterocycles. The van der Waals surface area contributed by atoms with Crippen molar-refractivity contribution in [2.45, 2.75) is 53.5 Å². The van der Waals surface area contributed by atoms with E-state index in [1.165, 1.54) is 6.42 Å².